The summed E-state index contributed by atoms with van der Waals surface area (Å²) in [4.78, 5) is 0. The van der Waals surface area contributed by atoms with Gasteiger partial charge in [0, 0.05) is 11.1 Å². The number of furan rings is 1. The molecule has 0 radical (unpaired) electrons. The van der Waals surface area contributed by atoms with Crippen molar-refractivity contribution in [2.75, 3.05) is 14.2 Å². The number of ether oxygens (including phenoxy) is 2. The molecule has 0 fully saturated rings. The molecule has 2 N–H and O–H groups in total. The summed E-state index contributed by atoms with van der Waals surface area (Å²) in [6.45, 7) is 1.89. The molecule has 1 heterocycles. The molecule has 1 atom stereocenters. The Morgan fingerprint density at radius 1 is 1.17 bits per heavy atom. The zero-order valence-corrected chi connectivity index (χ0v) is 10.8. The van der Waals surface area contributed by atoms with E-state index in [0.717, 1.165) is 28.4 Å². The van der Waals surface area contributed by atoms with Crippen LogP contribution in [-0.4, -0.2) is 14.2 Å². The topological polar surface area (TPSA) is 57.6 Å². The van der Waals surface area contributed by atoms with E-state index in [0.29, 0.717) is 0 Å². The second kappa shape index (κ2) is 5.14. The largest absolute Gasteiger partial charge is 0.497 e. The molecule has 0 saturated carbocycles. The summed E-state index contributed by atoms with van der Waals surface area (Å²) >= 11 is 0. The summed E-state index contributed by atoms with van der Waals surface area (Å²) in [7, 11) is 3.25. The van der Waals surface area contributed by atoms with Gasteiger partial charge in [0.25, 0.3) is 0 Å². The summed E-state index contributed by atoms with van der Waals surface area (Å²) in [5.41, 5.74) is 8.02. The highest BCUT2D eigenvalue weighted by Gasteiger charge is 2.16. The van der Waals surface area contributed by atoms with Crippen LogP contribution < -0.4 is 15.2 Å². The van der Waals surface area contributed by atoms with Gasteiger partial charge >= 0.3 is 0 Å². The van der Waals surface area contributed by atoms with Crippen LogP contribution in [0.2, 0.25) is 0 Å². The lowest BCUT2D eigenvalue weighted by molar-refractivity contribution is 0.397. The molecule has 0 aliphatic carbocycles. The monoisotopic (exact) mass is 247 g/mol. The van der Waals surface area contributed by atoms with Gasteiger partial charge in [0.1, 0.15) is 17.3 Å². The van der Waals surface area contributed by atoms with Gasteiger partial charge in [-0.25, -0.2) is 0 Å². The van der Waals surface area contributed by atoms with E-state index in [1.807, 2.05) is 31.2 Å². The molecule has 4 nitrogen and oxygen atoms in total. The zero-order chi connectivity index (χ0) is 13.1. The molecule has 96 valence electrons. The highest BCUT2D eigenvalue weighted by molar-refractivity contribution is 5.45. The van der Waals surface area contributed by atoms with Gasteiger partial charge in [0.15, 0.2) is 0 Å². The Balaban J connectivity index is 2.41. The molecule has 1 aromatic heterocycles. The molecule has 2 aromatic rings. The molecule has 0 aliphatic rings. The first-order chi connectivity index (χ1) is 8.65. The lowest BCUT2D eigenvalue weighted by Gasteiger charge is -2.15. The lowest BCUT2D eigenvalue weighted by Crippen LogP contribution is -2.12. The first-order valence-electron chi connectivity index (χ1n) is 5.68. The highest BCUT2D eigenvalue weighted by Crippen LogP contribution is 2.32. The summed E-state index contributed by atoms with van der Waals surface area (Å²) in [6, 6.07) is 7.19. The molecule has 0 amide bonds. The van der Waals surface area contributed by atoms with Gasteiger partial charge in [-0.05, 0) is 31.2 Å². The van der Waals surface area contributed by atoms with Crippen LogP contribution in [0.15, 0.2) is 34.9 Å². The van der Waals surface area contributed by atoms with E-state index < -0.39 is 0 Å². The Bertz CT molecular complexity index is 534. The summed E-state index contributed by atoms with van der Waals surface area (Å²) in [5, 5.41) is 0. The fourth-order valence-corrected chi connectivity index (χ4v) is 1.89. The van der Waals surface area contributed by atoms with Gasteiger partial charge in [-0.15, -0.1) is 0 Å². The number of hydrogen-bond acceptors (Lipinski definition) is 4. The Labute approximate surface area is 106 Å². The minimum absolute atomic E-state index is 0.299. The smallest absolute Gasteiger partial charge is 0.124 e. The average Bonchev–Trinajstić information content (AvgIpc) is 2.83. The third-order valence-corrected chi connectivity index (χ3v) is 2.88. The Hall–Kier alpha value is -1.94. The third kappa shape index (κ3) is 2.33. The van der Waals surface area contributed by atoms with Crippen LogP contribution in [0.4, 0.5) is 0 Å². The molecule has 1 aromatic carbocycles. The standard InChI is InChI=1S/C14H17NO3/c1-9-6-10(8-18-9)14(15)12-7-11(16-2)4-5-13(12)17-3/h4-8,14H,15H2,1-3H3. The normalized spacial score (nSPS) is 12.2. The molecule has 4 heteroatoms. The Morgan fingerprint density at radius 3 is 2.50 bits per heavy atom. The number of benzene rings is 1. The molecule has 0 bridgehead atoms. The first kappa shape index (κ1) is 12.5. The predicted octanol–water partition coefficient (Wildman–Crippen LogP) is 2.65. The molecule has 0 saturated heterocycles. The molecule has 18 heavy (non-hydrogen) atoms. The van der Waals surface area contributed by atoms with Crippen LogP contribution in [-0.2, 0) is 0 Å². The fraction of sp³-hybridized carbons (Fsp3) is 0.286. The van der Waals surface area contributed by atoms with Gasteiger partial charge in [-0.3, -0.25) is 0 Å². The van der Waals surface area contributed by atoms with Crippen LogP contribution in [0, 0.1) is 6.92 Å². The summed E-state index contributed by atoms with van der Waals surface area (Å²) in [6.07, 6.45) is 1.67. The first-order valence-corrected chi connectivity index (χ1v) is 5.68. The van der Waals surface area contributed by atoms with Crippen molar-refractivity contribution in [2.45, 2.75) is 13.0 Å². The van der Waals surface area contributed by atoms with Crippen LogP contribution in [0.1, 0.15) is 22.9 Å². The summed E-state index contributed by atoms with van der Waals surface area (Å²) < 4.78 is 15.8. The van der Waals surface area contributed by atoms with E-state index in [1.54, 1.807) is 20.5 Å². The van der Waals surface area contributed by atoms with Crippen molar-refractivity contribution in [3.05, 3.63) is 47.4 Å². The van der Waals surface area contributed by atoms with E-state index >= 15 is 0 Å². The maximum absolute atomic E-state index is 6.23. The van der Waals surface area contributed by atoms with Crippen molar-refractivity contribution in [2.24, 2.45) is 5.73 Å². The molecule has 1 unspecified atom stereocenters. The minimum atomic E-state index is -0.299. The van der Waals surface area contributed by atoms with E-state index in [1.165, 1.54) is 0 Å². The zero-order valence-electron chi connectivity index (χ0n) is 10.8. The van der Waals surface area contributed by atoms with Crippen molar-refractivity contribution in [1.82, 2.24) is 0 Å². The van der Waals surface area contributed by atoms with E-state index in [9.17, 15) is 0 Å². The number of nitrogens with two attached hydrogens (primary N) is 1. The van der Waals surface area contributed by atoms with Gasteiger partial charge in [-0.1, -0.05) is 0 Å². The lowest BCUT2D eigenvalue weighted by atomic mass is 10.0. The molecule has 0 aliphatic heterocycles. The second-order valence-electron chi connectivity index (χ2n) is 4.08. The number of rotatable bonds is 4. The maximum atomic E-state index is 6.23. The van der Waals surface area contributed by atoms with Crippen molar-refractivity contribution >= 4 is 0 Å². The van der Waals surface area contributed by atoms with Crippen molar-refractivity contribution in [3.63, 3.8) is 0 Å². The Kier molecular flexibility index (Phi) is 3.58. The van der Waals surface area contributed by atoms with Gasteiger partial charge < -0.3 is 19.6 Å². The fourth-order valence-electron chi connectivity index (χ4n) is 1.89. The van der Waals surface area contributed by atoms with Crippen molar-refractivity contribution in [3.8, 4) is 11.5 Å². The molecular formula is C14H17NO3. The molecule has 0 spiro atoms. The maximum Gasteiger partial charge on any atom is 0.124 e. The Morgan fingerprint density at radius 2 is 1.94 bits per heavy atom. The highest BCUT2D eigenvalue weighted by atomic mass is 16.5. The minimum Gasteiger partial charge on any atom is -0.497 e. The van der Waals surface area contributed by atoms with E-state index in [2.05, 4.69) is 0 Å². The summed E-state index contributed by atoms with van der Waals surface area (Å²) in [5.74, 6) is 2.32. The predicted molar refractivity (Wildman–Crippen MR) is 69.0 cm³/mol. The third-order valence-electron chi connectivity index (χ3n) is 2.88. The van der Waals surface area contributed by atoms with Gasteiger partial charge in [-0.2, -0.15) is 0 Å². The van der Waals surface area contributed by atoms with Crippen LogP contribution in [0.3, 0.4) is 0 Å². The van der Waals surface area contributed by atoms with Crippen LogP contribution in [0.5, 0.6) is 11.5 Å². The van der Waals surface area contributed by atoms with Crippen molar-refractivity contribution in [1.29, 1.82) is 0 Å². The van der Waals surface area contributed by atoms with Crippen LogP contribution >= 0.6 is 0 Å². The van der Waals surface area contributed by atoms with E-state index in [-0.39, 0.29) is 6.04 Å². The van der Waals surface area contributed by atoms with Gasteiger partial charge in [0.2, 0.25) is 0 Å². The molecule has 2 rings (SSSR count). The SMILES string of the molecule is COc1ccc(OC)c(C(N)c2coc(C)c2)c1. The van der Waals surface area contributed by atoms with Crippen molar-refractivity contribution < 1.29 is 13.9 Å². The molecular weight excluding hydrogens is 230 g/mol. The number of aryl methyl sites for hydroxylation is 1. The average molecular weight is 247 g/mol. The second-order valence-corrected chi connectivity index (χ2v) is 4.08. The number of methoxy groups -OCH3 is 2. The van der Waals surface area contributed by atoms with Crippen LogP contribution in [0.25, 0.3) is 0 Å². The van der Waals surface area contributed by atoms with E-state index in [4.69, 9.17) is 19.6 Å². The van der Waals surface area contributed by atoms with Gasteiger partial charge in [0.05, 0.1) is 26.5 Å². The number of hydrogen-bond donors (Lipinski definition) is 1. The quantitative estimate of drug-likeness (QED) is 0.902.